The van der Waals surface area contributed by atoms with Crippen molar-refractivity contribution in [3.05, 3.63) is 28.7 Å². The lowest BCUT2D eigenvalue weighted by molar-refractivity contribution is -0.140. The molecule has 6 nitrogen and oxygen atoms in total. The number of benzene rings is 1. The Balaban J connectivity index is 1.94. The SMILES string of the molecule is CCC(Oc1ccc(Br)cc1)C(=O)N1CCN(C(=O)O)CC1. The summed E-state index contributed by atoms with van der Waals surface area (Å²) in [6.07, 6.45) is -0.920. The molecule has 120 valence electrons. The Kier molecular flexibility index (Phi) is 5.65. The van der Waals surface area contributed by atoms with E-state index in [0.29, 0.717) is 38.3 Å². The lowest BCUT2D eigenvalue weighted by atomic mass is 10.2. The van der Waals surface area contributed by atoms with Crippen molar-refractivity contribution in [3.63, 3.8) is 0 Å². The van der Waals surface area contributed by atoms with Crippen LogP contribution >= 0.6 is 15.9 Å². The Morgan fingerprint density at radius 3 is 2.23 bits per heavy atom. The molecule has 1 atom stereocenters. The topological polar surface area (TPSA) is 70.1 Å². The number of hydrogen-bond acceptors (Lipinski definition) is 3. The van der Waals surface area contributed by atoms with Gasteiger partial charge in [-0.25, -0.2) is 4.79 Å². The van der Waals surface area contributed by atoms with Gasteiger partial charge >= 0.3 is 6.09 Å². The maximum absolute atomic E-state index is 12.5. The average molecular weight is 371 g/mol. The van der Waals surface area contributed by atoms with Crippen LogP contribution in [-0.4, -0.2) is 59.2 Å². The maximum Gasteiger partial charge on any atom is 0.407 e. The van der Waals surface area contributed by atoms with Gasteiger partial charge in [-0.2, -0.15) is 0 Å². The van der Waals surface area contributed by atoms with Gasteiger partial charge in [0.05, 0.1) is 0 Å². The molecular formula is C15H19BrN2O4. The Labute approximate surface area is 137 Å². The molecule has 7 heteroatoms. The summed E-state index contributed by atoms with van der Waals surface area (Å²) in [5.41, 5.74) is 0. The Morgan fingerprint density at radius 2 is 1.73 bits per heavy atom. The zero-order valence-electron chi connectivity index (χ0n) is 12.4. The molecule has 1 saturated heterocycles. The molecule has 0 radical (unpaired) electrons. The normalized spacial score (nSPS) is 16.3. The molecule has 0 aliphatic carbocycles. The van der Waals surface area contributed by atoms with Gasteiger partial charge < -0.3 is 19.6 Å². The first-order valence-corrected chi connectivity index (χ1v) is 7.99. The summed E-state index contributed by atoms with van der Waals surface area (Å²) in [4.78, 5) is 26.4. The smallest absolute Gasteiger partial charge is 0.407 e. The van der Waals surface area contributed by atoms with Gasteiger partial charge in [-0.15, -0.1) is 0 Å². The fourth-order valence-corrected chi connectivity index (χ4v) is 2.57. The van der Waals surface area contributed by atoms with E-state index < -0.39 is 12.2 Å². The lowest BCUT2D eigenvalue weighted by Gasteiger charge is -2.34. The van der Waals surface area contributed by atoms with Crippen molar-refractivity contribution in [2.45, 2.75) is 19.4 Å². The van der Waals surface area contributed by atoms with Gasteiger partial charge in [-0.05, 0) is 30.7 Å². The molecule has 0 aromatic heterocycles. The highest BCUT2D eigenvalue weighted by Crippen LogP contribution is 2.19. The van der Waals surface area contributed by atoms with E-state index in [9.17, 15) is 9.59 Å². The highest BCUT2D eigenvalue weighted by atomic mass is 79.9. The van der Waals surface area contributed by atoms with Gasteiger partial charge in [0.25, 0.3) is 5.91 Å². The first kappa shape index (κ1) is 16.6. The van der Waals surface area contributed by atoms with Crippen molar-refractivity contribution in [2.24, 2.45) is 0 Å². The number of carbonyl (C=O) groups excluding carboxylic acids is 1. The number of hydrogen-bond donors (Lipinski definition) is 1. The summed E-state index contributed by atoms with van der Waals surface area (Å²) in [6, 6.07) is 7.33. The highest BCUT2D eigenvalue weighted by molar-refractivity contribution is 9.10. The summed E-state index contributed by atoms with van der Waals surface area (Å²) >= 11 is 3.35. The van der Waals surface area contributed by atoms with Crippen LogP contribution in [0.5, 0.6) is 5.75 Å². The third-order valence-corrected chi connectivity index (χ3v) is 4.13. The van der Waals surface area contributed by atoms with Crippen molar-refractivity contribution in [1.82, 2.24) is 9.80 Å². The first-order chi connectivity index (χ1) is 10.5. The third kappa shape index (κ3) is 4.13. The fourth-order valence-electron chi connectivity index (χ4n) is 2.31. The Morgan fingerprint density at radius 1 is 1.18 bits per heavy atom. The summed E-state index contributed by atoms with van der Waals surface area (Å²) in [7, 11) is 0. The lowest BCUT2D eigenvalue weighted by Crippen LogP contribution is -2.53. The van der Waals surface area contributed by atoms with E-state index in [1.807, 2.05) is 31.2 Å². The van der Waals surface area contributed by atoms with Crippen LogP contribution in [0.15, 0.2) is 28.7 Å². The molecule has 1 heterocycles. The van der Waals surface area contributed by atoms with Crippen molar-refractivity contribution < 1.29 is 19.4 Å². The van der Waals surface area contributed by atoms with Crippen LogP contribution in [0.1, 0.15) is 13.3 Å². The van der Waals surface area contributed by atoms with Crippen molar-refractivity contribution in [2.75, 3.05) is 26.2 Å². The van der Waals surface area contributed by atoms with Crippen LogP contribution < -0.4 is 4.74 Å². The van der Waals surface area contributed by atoms with Crippen LogP contribution in [-0.2, 0) is 4.79 Å². The van der Waals surface area contributed by atoms with E-state index in [4.69, 9.17) is 9.84 Å². The number of halogens is 1. The molecule has 2 rings (SSSR count). The quantitative estimate of drug-likeness (QED) is 0.883. The van der Waals surface area contributed by atoms with Crippen LogP contribution in [0.25, 0.3) is 0 Å². The number of rotatable bonds is 4. The first-order valence-electron chi connectivity index (χ1n) is 7.20. The summed E-state index contributed by atoms with van der Waals surface area (Å²) in [5, 5.41) is 8.93. The van der Waals surface area contributed by atoms with Crippen LogP contribution in [0.4, 0.5) is 4.79 Å². The molecule has 22 heavy (non-hydrogen) atoms. The van der Waals surface area contributed by atoms with E-state index in [2.05, 4.69) is 15.9 Å². The molecule has 1 aliphatic rings. The predicted molar refractivity (Wildman–Crippen MR) is 85.0 cm³/mol. The van der Waals surface area contributed by atoms with Gasteiger partial charge in [0.2, 0.25) is 0 Å². The molecule has 1 unspecified atom stereocenters. The van der Waals surface area contributed by atoms with E-state index in [-0.39, 0.29) is 5.91 Å². The molecule has 1 fully saturated rings. The Bertz CT molecular complexity index is 527. The molecule has 1 aromatic rings. The minimum atomic E-state index is -0.940. The second kappa shape index (κ2) is 7.49. The summed E-state index contributed by atoms with van der Waals surface area (Å²) in [6.45, 7) is 3.40. The van der Waals surface area contributed by atoms with Crippen molar-refractivity contribution >= 4 is 27.9 Å². The number of ether oxygens (including phenoxy) is 1. The van der Waals surface area contributed by atoms with Crippen LogP contribution in [0, 0.1) is 0 Å². The molecule has 1 aliphatic heterocycles. The second-order valence-electron chi connectivity index (χ2n) is 5.06. The summed E-state index contributed by atoms with van der Waals surface area (Å²) in [5.74, 6) is 0.558. The minimum Gasteiger partial charge on any atom is -0.481 e. The largest absolute Gasteiger partial charge is 0.481 e. The molecule has 1 aromatic carbocycles. The van der Waals surface area contributed by atoms with Gasteiger partial charge in [0, 0.05) is 30.7 Å². The van der Waals surface area contributed by atoms with Gasteiger partial charge in [0.15, 0.2) is 6.10 Å². The van der Waals surface area contributed by atoms with Gasteiger partial charge in [-0.1, -0.05) is 22.9 Å². The monoisotopic (exact) mass is 370 g/mol. The summed E-state index contributed by atoms with van der Waals surface area (Å²) < 4.78 is 6.71. The van der Waals surface area contributed by atoms with Crippen molar-refractivity contribution in [1.29, 1.82) is 0 Å². The van der Waals surface area contributed by atoms with Gasteiger partial charge in [-0.3, -0.25) is 4.79 Å². The molecular weight excluding hydrogens is 352 g/mol. The standard InChI is InChI=1S/C15H19BrN2O4/c1-2-13(22-12-5-3-11(16)4-6-12)14(19)17-7-9-18(10-8-17)15(20)21/h3-6,13H,2,7-10H2,1H3,(H,20,21). The van der Waals surface area contributed by atoms with E-state index in [1.54, 1.807) is 4.90 Å². The van der Waals surface area contributed by atoms with Crippen molar-refractivity contribution in [3.8, 4) is 5.75 Å². The number of nitrogens with zero attached hydrogens (tertiary/aromatic N) is 2. The fraction of sp³-hybridized carbons (Fsp3) is 0.467. The number of carbonyl (C=O) groups is 2. The molecule has 0 bridgehead atoms. The molecule has 1 N–H and O–H groups in total. The minimum absolute atomic E-state index is 0.0875. The number of piperazine rings is 1. The van der Waals surface area contributed by atoms with E-state index >= 15 is 0 Å². The number of amides is 2. The number of carboxylic acid groups (broad SMARTS) is 1. The van der Waals surface area contributed by atoms with E-state index in [0.717, 1.165) is 4.47 Å². The third-order valence-electron chi connectivity index (χ3n) is 3.60. The zero-order valence-corrected chi connectivity index (χ0v) is 14.0. The van der Waals surface area contributed by atoms with Gasteiger partial charge in [0.1, 0.15) is 5.75 Å². The maximum atomic E-state index is 12.5. The van der Waals surface area contributed by atoms with Crippen LogP contribution in [0.3, 0.4) is 0 Å². The second-order valence-corrected chi connectivity index (χ2v) is 5.98. The molecule has 0 saturated carbocycles. The van der Waals surface area contributed by atoms with E-state index in [1.165, 1.54) is 4.90 Å². The predicted octanol–water partition coefficient (Wildman–Crippen LogP) is 2.43. The Hall–Kier alpha value is -1.76. The van der Waals surface area contributed by atoms with Crippen LogP contribution in [0.2, 0.25) is 0 Å². The highest BCUT2D eigenvalue weighted by Gasteiger charge is 2.29. The zero-order chi connectivity index (χ0) is 16.1. The average Bonchev–Trinajstić information content (AvgIpc) is 2.53. The molecule has 2 amide bonds. The molecule has 0 spiro atoms.